The Bertz CT molecular complexity index is 490. The van der Waals surface area contributed by atoms with Crippen molar-refractivity contribution in [3.8, 4) is 0 Å². The minimum Gasteiger partial charge on any atom is -0.322 e. The van der Waals surface area contributed by atoms with Gasteiger partial charge in [0.15, 0.2) is 0 Å². The van der Waals surface area contributed by atoms with Crippen LogP contribution in [0.2, 0.25) is 5.15 Å². The van der Waals surface area contributed by atoms with Gasteiger partial charge in [0.1, 0.15) is 11.8 Å². The van der Waals surface area contributed by atoms with Crippen molar-refractivity contribution in [2.24, 2.45) is 5.73 Å². The number of hydrogen-bond donors (Lipinski definition) is 1. The first-order valence-corrected chi connectivity index (χ1v) is 4.97. The number of benzene rings is 1. The molecular formula is C11H11Cl2FN2. The third kappa shape index (κ3) is 2.43. The van der Waals surface area contributed by atoms with Crippen LogP contribution in [-0.4, -0.2) is 11.7 Å². The van der Waals surface area contributed by atoms with Gasteiger partial charge < -0.3 is 5.73 Å². The Hall–Kier alpha value is -0.900. The van der Waals surface area contributed by atoms with E-state index in [0.717, 1.165) is 10.9 Å². The Morgan fingerprint density at radius 3 is 2.75 bits per heavy atom. The van der Waals surface area contributed by atoms with Gasteiger partial charge in [-0.3, -0.25) is 0 Å². The molecule has 1 heterocycles. The smallest absolute Gasteiger partial charge is 0.134 e. The first kappa shape index (κ1) is 13.2. The lowest BCUT2D eigenvalue weighted by atomic mass is 10.1. The quantitative estimate of drug-likeness (QED) is 0.842. The number of halogens is 3. The molecule has 0 saturated carbocycles. The fourth-order valence-electron chi connectivity index (χ4n) is 1.45. The predicted molar refractivity (Wildman–Crippen MR) is 66.9 cm³/mol. The molecule has 2 N–H and O–H groups in total. The minimum atomic E-state index is -0.699. The number of nitrogens with two attached hydrogens (primary N) is 1. The van der Waals surface area contributed by atoms with Gasteiger partial charge in [0.25, 0.3) is 0 Å². The zero-order chi connectivity index (χ0) is 10.8. The zero-order valence-corrected chi connectivity index (χ0v) is 9.93. The molecule has 1 atom stereocenters. The third-order valence-corrected chi connectivity index (χ3v) is 2.57. The molecule has 1 aromatic carbocycles. The number of nitrogens with zero attached hydrogens (tertiary/aromatic N) is 1. The highest BCUT2D eigenvalue weighted by Gasteiger charge is 2.11. The van der Waals surface area contributed by atoms with Gasteiger partial charge in [0, 0.05) is 10.9 Å². The van der Waals surface area contributed by atoms with Gasteiger partial charge in [0.05, 0.1) is 11.6 Å². The maximum Gasteiger partial charge on any atom is 0.134 e. The normalized spacial score (nSPS) is 12.2. The van der Waals surface area contributed by atoms with E-state index in [2.05, 4.69) is 4.98 Å². The molecule has 0 saturated heterocycles. The summed E-state index contributed by atoms with van der Waals surface area (Å²) in [4.78, 5) is 4.16. The molecule has 86 valence electrons. The molecule has 2 rings (SSSR count). The Kier molecular flexibility index (Phi) is 4.47. The van der Waals surface area contributed by atoms with E-state index in [1.165, 1.54) is 0 Å². The van der Waals surface area contributed by atoms with Crippen molar-refractivity contribution in [3.63, 3.8) is 0 Å². The molecule has 0 aliphatic carbocycles. The summed E-state index contributed by atoms with van der Waals surface area (Å²) in [5.41, 5.74) is 6.93. The maximum atomic E-state index is 12.4. The van der Waals surface area contributed by atoms with Crippen molar-refractivity contribution in [1.82, 2.24) is 4.98 Å². The first-order chi connectivity index (χ1) is 7.22. The van der Waals surface area contributed by atoms with Crippen LogP contribution in [-0.2, 0) is 0 Å². The molecule has 0 aliphatic rings. The van der Waals surface area contributed by atoms with Crippen LogP contribution in [0.15, 0.2) is 30.3 Å². The number of fused-ring (bicyclic) bond motifs is 1. The molecule has 1 aromatic heterocycles. The van der Waals surface area contributed by atoms with Gasteiger partial charge in [-0.1, -0.05) is 29.8 Å². The van der Waals surface area contributed by atoms with E-state index in [0.29, 0.717) is 5.56 Å². The van der Waals surface area contributed by atoms with Crippen molar-refractivity contribution in [3.05, 3.63) is 41.0 Å². The number of pyridine rings is 1. The lowest BCUT2D eigenvalue weighted by Crippen LogP contribution is -2.13. The topological polar surface area (TPSA) is 38.9 Å². The standard InChI is InChI=1S/C11H10ClFN2.ClH/c12-11-8(9(14)6-13)5-7-3-1-2-4-10(7)15-11;/h1-5,9H,6,14H2;1H/t9-;/m1./s1. The molecule has 2 aromatic rings. The highest BCUT2D eigenvalue weighted by atomic mass is 35.5. The van der Waals surface area contributed by atoms with E-state index >= 15 is 0 Å². The molecule has 0 fully saturated rings. The predicted octanol–water partition coefficient (Wildman–Crippen LogP) is 3.28. The number of aromatic nitrogens is 1. The molecule has 0 unspecified atom stereocenters. The molecular weight excluding hydrogens is 250 g/mol. The average molecular weight is 261 g/mol. The van der Waals surface area contributed by atoms with E-state index < -0.39 is 12.7 Å². The van der Waals surface area contributed by atoms with E-state index in [4.69, 9.17) is 17.3 Å². The van der Waals surface area contributed by atoms with Crippen molar-refractivity contribution < 1.29 is 4.39 Å². The molecule has 16 heavy (non-hydrogen) atoms. The summed E-state index contributed by atoms with van der Waals surface area (Å²) >= 11 is 5.92. The number of rotatable bonds is 2. The van der Waals surface area contributed by atoms with Crippen molar-refractivity contribution >= 4 is 34.9 Å². The summed E-state index contributed by atoms with van der Waals surface area (Å²) in [6, 6.07) is 8.60. The van der Waals surface area contributed by atoms with Gasteiger partial charge in [-0.05, 0) is 12.1 Å². The number of hydrogen-bond acceptors (Lipinski definition) is 2. The fourth-order valence-corrected chi connectivity index (χ4v) is 1.74. The van der Waals surface area contributed by atoms with Crippen LogP contribution in [0.1, 0.15) is 11.6 Å². The summed E-state index contributed by atoms with van der Waals surface area (Å²) in [7, 11) is 0. The second-order valence-corrected chi connectivity index (χ2v) is 3.68. The Balaban J connectivity index is 0.00000128. The van der Waals surface area contributed by atoms with E-state index in [1.54, 1.807) is 6.07 Å². The maximum absolute atomic E-state index is 12.4. The van der Waals surface area contributed by atoms with Crippen LogP contribution in [0, 0.1) is 0 Å². The van der Waals surface area contributed by atoms with Crippen molar-refractivity contribution in [2.75, 3.05) is 6.67 Å². The Morgan fingerprint density at radius 2 is 2.06 bits per heavy atom. The summed E-state index contributed by atoms with van der Waals surface area (Å²) in [6.45, 7) is -0.639. The summed E-state index contributed by atoms with van der Waals surface area (Å²) in [5, 5.41) is 1.19. The molecule has 0 bridgehead atoms. The summed E-state index contributed by atoms with van der Waals surface area (Å²) < 4.78 is 12.4. The van der Waals surface area contributed by atoms with Gasteiger partial charge in [-0.25, -0.2) is 9.37 Å². The second-order valence-electron chi connectivity index (χ2n) is 3.32. The van der Waals surface area contributed by atoms with E-state index in [9.17, 15) is 4.39 Å². The zero-order valence-electron chi connectivity index (χ0n) is 8.36. The summed E-state index contributed by atoms with van der Waals surface area (Å²) in [6.07, 6.45) is 0. The molecule has 2 nitrogen and oxygen atoms in total. The highest BCUT2D eigenvalue weighted by Crippen LogP contribution is 2.24. The van der Waals surface area contributed by atoms with Gasteiger partial charge in [0.2, 0.25) is 0 Å². The molecule has 5 heteroatoms. The van der Waals surface area contributed by atoms with Crippen molar-refractivity contribution in [1.29, 1.82) is 0 Å². The largest absolute Gasteiger partial charge is 0.322 e. The lowest BCUT2D eigenvalue weighted by Gasteiger charge is -2.10. The molecule has 0 radical (unpaired) electrons. The van der Waals surface area contributed by atoms with Crippen LogP contribution in [0.4, 0.5) is 4.39 Å². The SMILES string of the molecule is Cl.N[C@H](CF)c1cc2ccccc2nc1Cl. The number of alkyl halides is 1. The van der Waals surface area contributed by atoms with Crippen LogP contribution in [0.3, 0.4) is 0 Å². The lowest BCUT2D eigenvalue weighted by molar-refractivity contribution is 0.437. The number of para-hydroxylation sites is 1. The minimum absolute atomic E-state index is 0. The second kappa shape index (κ2) is 5.43. The van der Waals surface area contributed by atoms with Gasteiger partial charge >= 0.3 is 0 Å². The van der Waals surface area contributed by atoms with Gasteiger partial charge in [-0.15, -0.1) is 12.4 Å². The van der Waals surface area contributed by atoms with E-state index in [-0.39, 0.29) is 17.6 Å². The van der Waals surface area contributed by atoms with Crippen LogP contribution < -0.4 is 5.73 Å². The monoisotopic (exact) mass is 260 g/mol. The van der Waals surface area contributed by atoms with E-state index in [1.807, 2.05) is 24.3 Å². The Labute approximate surface area is 104 Å². The first-order valence-electron chi connectivity index (χ1n) is 4.59. The van der Waals surface area contributed by atoms with Crippen LogP contribution in [0.5, 0.6) is 0 Å². The highest BCUT2D eigenvalue weighted by molar-refractivity contribution is 6.30. The average Bonchev–Trinajstić information content (AvgIpc) is 2.27. The Morgan fingerprint density at radius 1 is 1.38 bits per heavy atom. The molecule has 0 spiro atoms. The summed E-state index contributed by atoms with van der Waals surface area (Å²) in [5.74, 6) is 0. The van der Waals surface area contributed by atoms with Crippen molar-refractivity contribution in [2.45, 2.75) is 6.04 Å². The van der Waals surface area contributed by atoms with Gasteiger partial charge in [-0.2, -0.15) is 0 Å². The fraction of sp³-hybridized carbons (Fsp3) is 0.182. The van der Waals surface area contributed by atoms with Crippen LogP contribution >= 0.6 is 24.0 Å². The molecule has 0 amide bonds. The third-order valence-electron chi connectivity index (χ3n) is 2.27. The van der Waals surface area contributed by atoms with Crippen LogP contribution in [0.25, 0.3) is 10.9 Å². The molecule has 0 aliphatic heterocycles.